The summed E-state index contributed by atoms with van der Waals surface area (Å²) in [5, 5.41) is 21.0. The highest BCUT2D eigenvalue weighted by molar-refractivity contribution is 5.86. The Bertz CT molecular complexity index is 794. The van der Waals surface area contributed by atoms with Crippen molar-refractivity contribution < 1.29 is 10.2 Å². The molecule has 0 spiro atoms. The summed E-state index contributed by atoms with van der Waals surface area (Å²) in [5.41, 5.74) is 9.51. The Morgan fingerprint density at radius 3 is 2.30 bits per heavy atom. The van der Waals surface area contributed by atoms with Gasteiger partial charge in [-0.3, -0.25) is 0 Å². The van der Waals surface area contributed by atoms with E-state index in [1.54, 1.807) is 0 Å². The second-order valence-electron chi connectivity index (χ2n) is 5.74. The van der Waals surface area contributed by atoms with Crippen LogP contribution in [0.5, 0.6) is 0 Å². The fourth-order valence-corrected chi connectivity index (χ4v) is 3.21. The molecule has 2 aromatic carbocycles. The number of hydrogen-bond donors (Lipinski definition) is 3. The molecule has 1 heterocycles. The molecular formula is C19H22N2O2. The highest BCUT2D eigenvalue weighted by atomic mass is 16.3. The fraction of sp³-hybridized carbons (Fsp3) is 0.263. The zero-order valence-electron chi connectivity index (χ0n) is 13.2. The first-order valence-electron chi connectivity index (χ1n) is 7.89. The summed E-state index contributed by atoms with van der Waals surface area (Å²) < 4.78 is 2.20. The summed E-state index contributed by atoms with van der Waals surface area (Å²) in [6, 6.07) is 18.1. The largest absolute Gasteiger partial charge is 0.384 e. The SMILES string of the molecule is CCc1c(C(O)C(N)O)c2ccccc2n1Cc1ccccc1. The summed E-state index contributed by atoms with van der Waals surface area (Å²) in [5.74, 6) is 0. The Labute approximate surface area is 135 Å². The molecule has 0 aliphatic heterocycles. The van der Waals surface area contributed by atoms with E-state index in [4.69, 9.17) is 5.73 Å². The van der Waals surface area contributed by atoms with Gasteiger partial charge < -0.3 is 20.5 Å². The van der Waals surface area contributed by atoms with Crippen molar-refractivity contribution in [2.24, 2.45) is 5.73 Å². The van der Waals surface area contributed by atoms with Crippen LogP contribution >= 0.6 is 0 Å². The Hall–Kier alpha value is -2.14. The summed E-state index contributed by atoms with van der Waals surface area (Å²) >= 11 is 0. The molecule has 0 radical (unpaired) electrons. The van der Waals surface area contributed by atoms with Crippen molar-refractivity contribution in [2.75, 3.05) is 0 Å². The van der Waals surface area contributed by atoms with Crippen LogP contribution < -0.4 is 5.73 Å². The predicted molar refractivity (Wildman–Crippen MR) is 92.0 cm³/mol. The van der Waals surface area contributed by atoms with Crippen LogP contribution in [0.15, 0.2) is 54.6 Å². The van der Waals surface area contributed by atoms with E-state index >= 15 is 0 Å². The van der Waals surface area contributed by atoms with E-state index in [9.17, 15) is 10.2 Å². The van der Waals surface area contributed by atoms with Crippen LogP contribution in [-0.4, -0.2) is 21.0 Å². The molecule has 2 atom stereocenters. The molecule has 0 aliphatic rings. The van der Waals surface area contributed by atoms with Gasteiger partial charge in [0.05, 0.1) is 0 Å². The van der Waals surface area contributed by atoms with E-state index in [0.717, 1.165) is 35.1 Å². The van der Waals surface area contributed by atoms with E-state index in [1.807, 2.05) is 42.5 Å². The van der Waals surface area contributed by atoms with Gasteiger partial charge in [0.1, 0.15) is 12.3 Å². The monoisotopic (exact) mass is 310 g/mol. The van der Waals surface area contributed by atoms with Gasteiger partial charge in [0.2, 0.25) is 0 Å². The van der Waals surface area contributed by atoms with Gasteiger partial charge in [-0.05, 0) is 18.1 Å². The number of aromatic nitrogens is 1. The smallest absolute Gasteiger partial charge is 0.132 e. The second-order valence-corrected chi connectivity index (χ2v) is 5.74. The lowest BCUT2D eigenvalue weighted by atomic mass is 10.0. The van der Waals surface area contributed by atoms with Crippen molar-refractivity contribution in [3.8, 4) is 0 Å². The molecule has 23 heavy (non-hydrogen) atoms. The van der Waals surface area contributed by atoms with Gasteiger partial charge in [-0.2, -0.15) is 0 Å². The second kappa shape index (κ2) is 6.54. The van der Waals surface area contributed by atoms with Crippen molar-refractivity contribution >= 4 is 10.9 Å². The van der Waals surface area contributed by atoms with Crippen molar-refractivity contribution in [1.29, 1.82) is 0 Å². The number of hydrogen-bond acceptors (Lipinski definition) is 3. The molecule has 4 nitrogen and oxygen atoms in total. The maximum atomic E-state index is 10.4. The molecule has 0 bridgehead atoms. The molecule has 0 amide bonds. The van der Waals surface area contributed by atoms with Crippen molar-refractivity contribution in [1.82, 2.24) is 4.57 Å². The van der Waals surface area contributed by atoms with E-state index in [1.165, 1.54) is 5.56 Å². The summed E-state index contributed by atoms with van der Waals surface area (Å²) in [6.45, 7) is 2.77. The first-order chi connectivity index (χ1) is 11.1. The summed E-state index contributed by atoms with van der Waals surface area (Å²) in [7, 11) is 0. The molecule has 0 aliphatic carbocycles. The highest BCUT2D eigenvalue weighted by Crippen LogP contribution is 2.33. The minimum Gasteiger partial charge on any atom is -0.384 e. The van der Waals surface area contributed by atoms with Crippen LogP contribution in [0.25, 0.3) is 10.9 Å². The van der Waals surface area contributed by atoms with Crippen LogP contribution in [-0.2, 0) is 13.0 Å². The van der Waals surface area contributed by atoms with Gasteiger partial charge in [0, 0.05) is 28.7 Å². The van der Waals surface area contributed by atoms with E-state index in [0.29, 0.717) is 0 Å². The van der Waals surface area contributed by atoms with E-state index in [2.05, 4.69) is 23.6 Å². The van der Waals surface area contributed by atoms with Gasteiger partial charge in [0.25, 0.3) is 0 Å². The van der Waals surface area contributed by atoms with Crippen LogP contribution in [0.4, 0.5) is 0 Å². The normalized spacial score (nSPS) is 14.1. The molecule has 120 valence electrons. The lowest BCUT2D eigenvalue weighted by Crippen LogP contribution is -2.28. The third-order valence-electron chi connectivity index (χ3n) is 4.26. The minimum atomic E-state index is -1.30. The van der Waals surface area contributed by atoms with Gasteiger partial charge in [0.15, 0.2) is 0 Å². The number of nitrogens with two attached hydrogens (primary N) is 1. The average Bonchev–Trinajstić information content (AvgIpc) is 2.88. The lowest BCUT2D eigenvalue weighted by Gasteiger charge is -2.16. The Kier molecular flexibility index (Phi) is 4.48. The van der Waals surface area contributed by atoms with Gasteiger partial charge >= 0.3 is 0 Å². The highest BCUT2D eigenvalue weighted by Gasteiger charge is 2.24. The quantitative estimate of drug-likeness (QED) is 0.634. The number of rotatable bonds is 5. The Morgan fingerprint density at radius 2 is 1.65 bits per heavy atom. The Morgan fingerprint density at radius 1 is 1.00 bits per heavy atom. The van der Waals surface area contributed by atoms with E-state index in [-0.39, 0.29) is 0 Å². The predicted octanol–water partition coefficient (Wildman–Crippen LogP) is 2.56. The first kappa shape index (κ1) is 15.7. The van der Waals surface area contributed by atoms with Crippen LogP contribution in [0.1, 0.15) is 29.8 Å². The standard InChI is InChI=1S/C19H22N2O2/c1-2-15-17(18(22)19(20)23)14-10-6-7-11-16(14)21(15)12-13-8-4-3-5-9-13/h3-11,18-19,22-23H,2,12,20H2,1H3. The molecule has 0 fully saturated rings. The van der Waals surface area contributed by atoms with Gasteiger partial charge in [-0.15, -0.1) is 0 Å². The number of nitrogens with zero attached hydrogens (tertiary/aromatic N) is 1. The molecule has 0 saturated heterocycles. The molecule has 2 unspecified atom stereocenters. The zero-order chi connectivity index (χ0) is 16.4. The zero-order valence-corrected chi connectivity index (χ0v) is 13.2. The molecule has 3 aromatic rings. The number of aliphatic hydroxyl groups excluding tert-OH is 2. The fourth-order valence-electron chi connectivity index (χ4n) is 3.21. The molecule has 4 N–H and O–H groups in total. The average molecular weight is 310 g/mol. The number of aliphatic hydroxyl groups is 2. The van der Waals surface area contributed by atoms with Crippen LogP contribution in [0, 0.1) is 0 Å². The van der Waals surface area contributed by atoms with Crippen LogP contribution in [0.3, 0.4) is 0 Å². The first-order valence-corrected chi connectivity index (χ1v) is 7.89. The van der Waals surface area contributed by atoms with Crippen LogP contribution in [0.2, 0.25) is 0 Å². The number of benzene rings is 2. The van der Waals surface area contributed by atoms with Crippen molar-refractivity contribution in [3.05, 3.63) is 71.4 Å². The number of fused-ring (bicyclic) bond motifs is 1. The molecule has 1 aromatic heterocycles. The van der Waals surface area contributed by atoms with Gasteiger partial charge in [-0.1, -0.05) is 55.5 Å². The minimum absolute atomic E-state index is 0.720. The maximum Gasteiger partial charge on any atom is 0.132 e. The molecule has 3 rings (SSSR count). The summed E-state index contributed by atoms with van der Waals surface area (Å²) in [6.07, 6.45) is -1.64. The van der Waals surface area contributed by atoms with Crippen molar-refractivity contribution in [2.45, 2.75) is 32.2 Å². The van der Waals surface area contributed by atoms with Crippen molar-refractivity contribution in [3.63, 3.8) is 0 Å². The number of para-hydroxylation sites is 1. The Balaban J connectivity index is 2.20. The molecule has 0 saturated carbocycles. The summed E-state index contributed by atoms with van der Waals surface area (Å²) in [4.78, 5) is 0. The molecule has 4 heteroatoms. The van der Waals surface area contributed by atoms with Gasteiger partial charge in [-0.25, -0.2) is 0 Å². The molecular weight excluding hydrogens is 288 g/mol. The third kappa shape index (κ3) is 2.88. The topological polar surface area (TPSA) is 71.4 Å². The third-order valence-corrected chi connectivity index (χ3v) is 4.26. The maximum absolute atomic E-state index is 10.4. The van der Waals surface area contributed by atoms with E-state index < -0.39 is 12.3 Å². The lowest BCUT2D eigenvalue weighted by molar-refractivity contribution is 0.0230.